The normalized spacial score (nSPS) is 23.3. The highest BCUT2D eigenvalue weighted by atomic mass is 35.5. The molecule has 1 fully saturated rings. The van der Waals surface area contributed by atoms with Gasteiger partial charge in [-0.05, 0) is 36.5 Å². The molecule has 0 bridgehead atoms. The summed E-state index contributed by atoms with van der Waals surface area (Å²) >= 11 is 11.3. The fourth-order valence-electron chi connectivity index (χ4n) is 2.43. The third kappa shape index (κ3) is 3.48. The molecule has 1 saturated heterocycles. The van der Waals surface area contributed by atoms with Crippen molar-refractivity contribution < 1.29 is 8.42 Å². The first-order valence-electron chi connectivity index (χ1n) is 6.70. The van der Waals surface area contributed by atoms with E-state index in [1.807, 2.05) is 30.3 Å². The maximum Gasteiger partial charge on any atom is 0.171 e. The van der Waals surface area contributed by atoms with Gasteiger partial charge in [0.05, 0.1) is 28.4 Å². The Morgan fingerprint density at radius 2 is 2.14 bits per heavy atom. The maximum atomic E-state index is 11.5. The highest BCUT2D eigenvalue weighted by Crippen LogP contribution is 2.19. The SMILES string of the molecule is O=S1(=O)C[C@H](Cl)[C@H](NC(=S)Nc2ccc3ncccc3c2)C1. The third-order valence-corrected chi connectivity index (χ3v) is 6.06. The van der Waals surface area contributed by atoms with Crippen molar-refractivity contribution in [3.8, 4) is 0 Å². The topological polar surface area (TPSA) is 71.1 Å². The van der Waals surface area contributed by atoms with Crippen LogP contribution in [-0.2, 0) is 9.84 Å². The number of pyridine rings is 1. The average Bonchev–Trinajstić information content (AvgIpc) is 2.71. The Labute approximate surface area is 139 Å². The minimum atomic E-state index is -3.08. The molecule has 0 saturated carbocycles. The minimum absolute atomic E-state index is 0.00459. The number of halogens is 1. The van der Waals surface area contributed by atoms with E-state index in [0.717, 1.165) is 16.6 Å². The zero-order chi connectivity index (χ0) is 15.7. The van der Waals surface area contributed by atoms with Crippen LogP contribution in [-0.4, -0.2) is 41.4 Å². The van der Waals surface area contributed by atoms with Gasteiger partial charge in [0.25, 0.3) is 0 Å². The molecule has 2 N–H and O–H groups in total. The van der Waals surface area contributed by atoms with Crippen molar-refractivity contribution >= 4 is 55.4 Å². The number of hydrogen-bond donors (Lipinski definition) is 2. The summed E-state index contributed by atoms with van der Waals surface area (Å²) in [5, 5.41) is 6.91. The minimum Gasteiger partial charge on any atom is -0.357 e. The Morgan fingerprint density at radius 1 is 1.32 bits per heavy atom. The van der Waals surface area contributed by atoms with Gasteiger partial charge in [0.2, 0.25) is 0 Å². The highest BCUT2D eigenvalue weighted by Gasteiger charge is 2.36. The second-order valence-electron chi connectivity index (χ2n) is 5.21. The number of hydrogen-bond acceptors (Lipinski definition) is 4. The lowest BCUT2D eigenvalue weighted by atomic mass is 10.2. The van der Waals surface area contributed by atoms with E-state index in [1.165, 1.54) is 0 Å². The lowest BCUT2D eigenvalue weighted by Crippen LogP contribution is -2.42. The summed E-state index contributed by atoms with van der Waals surface area (Å²) in [5.74, 6) is -0.0128. The van der Waals surface area contributed by atoms with Crippen LogP contribution in [0.15, 0.2) is 36.5 Å². The van der Waals surface area contributed by atoms with Gasteiger partial charge in [-0.1, -0.05) is 6.07 Å². The van der Waals surface area contributed by atoms with Gasteiger partial charge in [-0.3, -0.25) is 4.98 Å². The molecular weight excluding hydrogens is 342 g/mol. The van der Waals surface area contributed by atoms with E-state index in [2.05, 4.69) is 15.6 Å². The summed E-state index contributed by atoms with van der Waals surface area (Å²) in [6.07, 6.45) is 1.74. The molecule has 0 unspecified atom stereocenters. The standard InChI is InChI=1S/C14H14ClN3O2S2/c15-11-7-22(19,20)8-13(11)18-14(21)17-10-3-4-12-9(6-10)2-1-5-16-12/h1-6,11,13H,7-8H2,(H2,17,18,21)/t11-,13+/m0/s1. The second-order valence-corrected chi connectivity index (χ2v) is 8.33. The summed E-state index contributed by atoms with van der Waals surface area (Å²) in [7, 11) is -3.08. The molecule has 5 nitrogen and oxygen atoms in total. The molecule has 1 aromatic carbocycles. The van der Waals surface area contributed by atoms with Crippen LogP contribution in [0.4, 0.5) is 5.69 Å². The molecule has 0 spiro atoms. The van der Waals surface area contributed by atoms with Gasteiger partial charge < -0.3 is 10.6 Å². The van der Waals surface area contributed by atoms with E-state index >= 15 is 0 Å². The van der Waals surface area contributed by atoms with Gasteiger partial charge in [0.1, 0.15) is 0 Å². The Kier molecular flexibility index (Phi) is 4.20. The number of benzene rings is 1. The molecular formula is C14H14ClN3O2S2. The van der Waals surface area contributed by atoms with Gasteiger partial charge in [0, 0.05) is 17.3 Å². The first kappa shape index (κ1) is 15.5. The predicted molar refractivity (Wildman–Crippen MR) is 93.2 cm³/mol. The van der Waals surface area contributed by atoms with Crippen molar-refractivity contribution in [1.29, 1.82) is 0 Å². The van der Waals surface area contributed by atoms with Crippen molar-refractivity contribution in [3.05, 3.63) is 36.5 Å². The molecule has 116 valence electrons. The number of sulfone groups is 1. The molecule has 22 heavy (non-hydrogen) atoms. The average molecular weight is 356 g/mol. The fourth-order valence-corrected chi connectivity index (χ4v) is 5.24. The number of nitrogens with zero attached hydrogens (tertiary/aromatic N) is 1. The van der Waals surface area contributed by atoms with Crippen molar-refractivity contribution in [2.24, 2.45) is 0 Å². The van der Waals surface area contributed by atoms with Crippen LogP contribution in [0.5, 0.6) is 0 Å². The van der Waals surface area contributed by atoms with E-state index in [1.54, 1.807) is 6.20 Å². The van der Waals surface area contributed by atoms with Crippen LogP contribution in [0.3, 0.4) is 0 Å². The second kappa shape index (κ2) is 5.98. The molecule has 0 amide bonds. The van der Waals surface area contributed by atoms with Crippen LogP contribution >= 0.6 is 23.8 Å². The van der Waals surface area contributed by atoms with Crippen LogP contribution in [0.1, 0.15) is 0 Å². The lowest BCUT2D eigenvalue weighted by molar-refractivity contribution is 0.600. The van der Waals surface area contributed by atoms with Gasteiger partial charge in [-0.25, -0.2) is 8.42 Å². The first-order valence-corrected chi connectivity index (χ1v) is 9.36. The summed E-state index contributed by atoms with van der Waals surface area (Å²) in [4.78, 5) is 4.25. The van der Waals surface area contributed by atoms with Gasteiger partial charge in [0.15, 0.2) is 14.9 Å². The molecule has 2 aromatic rings. The van der Waals surface area contributed by atoms with E-state index in [4.69, 9.17) is 23.8 Å². The Bertz CT molecular complexity index is 826. The van der Waals surface area contributed by atoms with E-state index in [-0.39, 0.29) is 17.5 Å². The molecule has 0 aliphatic carbocycles. The monoisotopic (exact) mass is 355 g/mol. The largest absolute Gasteiger partial charge is 0.357 e. The number of fused-ring (bicyclic) bond motifs is 1. The van der Waals surface area contributed by atoms with Crippen LogP contribution in [0, 0.1) is 0 Å². The van der Waals surface area contributed by atoms with Crippen molar-refractivity contribution in [3.63, 3.8) is 0 Å². The summed E-state index contributed by atoms with van der Waals surface area (Å²) < 4.78 is 23.1. The zero-order valence-corrected chi connectivity index (χ0v) is 13.9. The zero-order valence-electron chi connectivity index (χ0n) is 11.5. The van der Waals surface area contributed by atoms with Gasteiger partial charge >= 0.3 is 0 Å². The summed E-state index contributed by atoms with van der Waals surface area (Å²) in [5.41, 5.74) is 1.71. The van der Waals surface area contributed by atoms with E-state index in [9.17, 15) is 8.42 Å². The van der Waals surface area contributed by atoms with Crippen molar-refractivity contribution in [2.75, 3.05) is 16.8 Å². The molecule has 3 rings (SSSR count). The number of alkyl halides is 1. The molecule has 1 aliphatic heterocycles. The molecule has 8 heteroatoms. The molecule has 0 radical (unpaired) electrons. The quantitative estimate of drug-likeness (QED) is 0.633. The fraction of sp³-hybridized carbons (Fsp3) is 0.286. The molecule has 1 aromatic heterocycles. The van der Waals surface area contributed by atoms with Crippen LogP contribution < -0.4 is 10.6 Å². The van der Waals surface area contributed by atoms with Crippen LogP contribution in [0.2, 0.25) is 0 Å². The van der Waals surface area contributed by atoms with Gasteiger partial charge in [-0.2, -0.15) is 0 Å². The molecule has 2 heterocycles. The summed E-state index contributed by atoms with van der Waals surface area (Å²) in [6.45, 7) is 0. The lowest BCUT2D eigenvalue weighted by Gasteiger charge is -2.17. The number of thiocarbonyl (C=S) groups is 1. The van der Waals surface area contributed by atoms with Crippen LogP contribution in [0.25, 0.3) is 10.9 Å². The first-order chi connectivity index (χ1) is 10.4. The predicted octanol–water partition coefficient (Wildman–Crippen LogP) is 1.93. The maximum absolute atomic E-state index is 11.5. The number of nitrogens with one attached hydrogen (secondary N) is 2. The van der Waals surface area contributed by atoms with E-state index < -0.39 is 15.2 Å². The van der Waals surface area contributed by atoms with E-state index in [0.29, 0.717) is 5.11 Å². The Balaban J connectivity index is 1.68. The highest BCUT2D eigenvalue weighted by molar-refractivity contribution is 7.91. The van der Waals surface area contributed by atoms with Gasteiger partial charge in [-0.15, -0.1) is 11.6 Å². The number of anilines is 1. The number of aromatic nitrogens is 1. The van der Waals surface area contributed by atoms with Crippen molar-refractivity contribution in [2.45, 2.75) is 11.4 Å². The Morgan fingerprint density at radius 3 is 2.86 bits per heavy atom. The summed E-state index contributed by atoms with van der Waals surface area (Å²) in [6, 6.07) is 9.15. The van der Waals surface area contributed by atoms with Crippen molar-refractivity contribution in [1.82, 2.24) is 10.3 Å². The smallest absolute Gasteiger partial charge is 0.171 e. The molecule has 2 atom stereocenters. The number of rotatable bonds is 2. The molecule has 1 aliphatic rings. The third-order valence-electron chi connectivity index (χ3n) is 3.46. The Hall–Kier alpha value is -1.44.